The molecule has 0 unspecified atom stereocenters. The Morgan fingerprint density at radius 3 is 2.60 bits per heavy atom. The summed E-state index contributed by atoms with van der Waals surface area (Å²) in [5.41, 5.74) is 12.7. The van der Waals surface area contributed by atoms with E-state index in [4.69, 9.17) is 28.8 Å². The predicted molar refractivity (Wildman–Crippen MR) is 66.7 cm³/mol. The summed E-state index contributed by atoms with van der Waals surface area (Å²) in [6.07, 6.45) is 0. The lowest BCUT2D eigenvalue weighted by atomic mass is 10.2. The van der Waals surface area contributed by atoms with Crippen LogP contribution in [0.5, 0.6) is 0 Å². The zero-order valence-electron chi connectivity index (χ0n) is 8.55. The maximum Gasteiger partial charge on any atom is 0.171 e. The summed E-state index contributed by atoms with van der Waals surface area (Å²) < 4.78 is 0. The SMILES string of the molecule is C[C@@H](CO)N(C(N)=S)c1ccccc1N. The standard InChI is InChI=1S/C10H15N3OS/c1-7(6-14)13(10(12)15)9-5-3-2-4-8(9)11/h2-5,7,14H,6,11H2,1H3,(H2,12,15)/t7-/m0/s1. The summed E-state index contributed by atoms with van der Waals surface area (Å²) >= 11 is 4.94. The fraction of sp³-hybridized carbons (Fsp3) is 0.300. The maximum absolute atomic E-state index is 9.11. The first kappa shape index (κ1) is 11.7. The van der Waals surface area contributed by atoms with Gasteiger partial charge in [0.25, 0.3) is 0 Å². The van der Waals surface area contributed by atoms with Crippen LogP contribution >= 0.6 is 12.2 Å². The molecule has 4 nitrogen and oxygen atoms in total. The first-order valence-corrected chi connectivity index (χ1v) is 5.02. The van der Waals surface area contributed by atoms with Crippen LogP contribution in [0.3, 0.4) is 0 Å². The average molecular weight is 225 g/mol. The van der Waals surface area contributed by atoms with E-state index in [-0.39, 0.29) is 17.8 Å². The van der Waals surface area contributed by atoms with Crippen molar-refractivity contribution in [3.8, 4) is 0 Å². The van der Waals surface area contributed by atoms with Gasteiger partial charge in [-0.1, -0.05) is 12.1 Å². The minimum Gasteiger partial charge on any atom is -0.397 e. The van der Waals surface area contributed by atoms with Crippen molar-refractivity contribution in [2.75, 3.05) is 17.2 Å². The molecule has 0 spiro atoms. The van der Waals surface area contributed by atoms with E-state index in [0.717, 1.165) is 5.69 Å². The second-order valence-electron chi connectivity index (χ2n) is 3.30. The highest BCUT2D eigenvalue weighted by molar-refractivity contribution is 7.80. The largest absolute Gasteiger partial charge is 0.397 e. The van der Waals surface area contributed by atoms with Gasteiger partial charge in [-0.2, -0.15) is 0 Å². The van der Waals surface area contributed by atoms with Crippen molar-refractivity contribution in [1.82, 2.24) is 0 Å². The van der Waals surface area contributed by atoms with E-state index in [9.17, 15) is 0 Å². The molecule has 0 aliphatic heterocycles. The lowest BCUT2D eigenvalue weighted by Gasteiger charge is -2.29. The van der Waals surface area contributed by atoms with Gasteiger partial charge in [0, 0.05) is 0 Å². The van der Waals surface area contributed by atoms with E-state index in [1.54, 1.807) is 11.0 Å². The Hall–Kier alpha value is -1.33. The summed E-state index contributed by atoms with van der Waals surface area (Å²) in [4.78, 5) is 1.64. The molecule has 82 valence electrons. The highest BCUT2D eigenvalue weighted by atomic mass is 32.1. The number of nitrogens with zero attached hydrogens (tertiary/aromatic N) is 1. The summed E-state index contributed by atoms with van der Waals surface area (Å²) in [6, 6.07) is 7.08. The van der Waals surface area contributed by atoms with Gasteiger partial charge in [-0.05, 0) is 31.3 Å². The van der Waals surface area contributed by atoms with Gasteiger partial charge in [-0.15, -0.1) is 0 Å². The van der Waals surface area contributed by atoms with Crippen LogP contribution in [0.2, 0.25) is 0 Å². The quantitative estimate of drug-likeness (QED) is 0.521. The smallest absolute Gasteiger partial charge is 0.171 e. The fourth-order valence-corrected chi connectivity index (χ4v) is 1.64. The van der Waals surface area contributed by atoms with E-state index in [1.165, 1.54) is 0 Å². The van der Waals surface area contributed by atoms with E-state index in [0.29, 0.717) is 5.69 Å². The highest BCUT2D eigenvalue weighted by Crippen LogP contribution is 2.24. The van der Waals surface area contributed by atoms with Crippen LogP contribution in [0.4, 0.5) is 11.4 Å². The molecule has 0 aromatic heterocycles. The van der Waals surface area contributed by atoms with E-state index >= 15 is 0 Å². The zero-order valence-corrected chi connectivity index (χ0v) is 9.37. The molecule has 0 heterocycles. The van der Waals surface area contributed by atoms with Crippen molar-refractivity contribution in [2.45, 2.75) is 13.0 Å². The van der Waals surface area contributed by atoms with Crippen molar-refractivity contribution in [1.29, 1.82) is 0 Å². The van der Waals surface area contributed by atoms with Gasteiger partial charge < -0.3 is 21.5 Å². The number of nitrogens with two attached hydrogens (primary N) is 2. The van der Waals surface area contributed by atoms with Crippen LogP contribution in [0.25, 0.3) is 0 Å². The third kappa shape index (κ3) is 2.57. The van der Waals surface area contributed by atoms with Crippen LogP contribution in [0.15, 0.2) is 24.3 Å². The monoisotopic (exact) mass is 225 g/mol. The first-order valence-electron chi connectivity index (χ1n) is 4.62. The van der Waals surface area contributed by atoms with Gasteiger partial charge in [-0.25, -0.2) is 0 Å². The lowest BCUT2D eigenvalue weighted by molar-refractivity contribution is 0.274. The molecule has 0 amide bonds. The highest BCUT2D eigenvalue weighted by Gasteiger charge is 2.17. The number of nitrogen functional groups attached to an aromatic ring is 1. The number of hydrogen-bond acceptors (Lipinski definition) is 3. The molecule has 0 saturated carbocycles. The molecule has 0 saturated heterocycles. The molecular formula is C10H15N3OS. The molecule has 0 bridgehead atoms. The molecule has 1 aromatic carbocycles. The van der Waals surface area contributed by atoms with E-state index in [1.807, 2.05) is 25.1 Å². The summed E-state index contributed by atoms with van der Waals surface area (Å²) in [5.74, 6) is 0. The number of anilines is 2. The van der Waals surface area contributed by atoms with Gasteiger partial charge >= 0.3 is 0 Å². The molecule has 5 heteroatoms. The number of thiocarbonyl (C=S) groups is 1. The number of hydrogen-bond donors (Lipinski definition) is 3. The molecule has 0 aliphatic rings. The van der Waals surface area contributed by atoms with Crippen molar-refractivity contribution in [3.05, 3.63) is 24.3 Å². The van der Waals surface area contributed by atoms with Crippen molar-refractivity contribution in [2.24, 2.45) is 5.73 Å². The Kier molecular flexibility index (Phi) is 3.88. The molecule has 1 atom stereocenters. The molecule has 0 fully saturated rings. The summed E-state index contributed by atoms with van der Waals surface area (Å²) in [6.45, 7) is 1.79. The van der Waals surface area contributed by atoms with E-state index in [2.05, 4.69) is 0 Å². The Labute approximate surface area is 94.5 Å². The third-order valence-corrected chi connectivity index (χ3v) is 2.34. The average Bonchev–Trinajstić information content (AvgIpc) is 2.20. The van der Waals surface area contributed by atoms with Gasteiger partial charge in [0.2, 0.25) is 0 Å². The van der Waals surface area contributed by atoms with Crippen LogP contribution in [-0.2, 0) is 0 Å². The number of para-hydroxylation sites is 2. The molecule has 1 rings (SSSR count). The van der Waals surface area contributed by atoms with Crippen molar-refractivity contribution >= 4 is 28.7 Å². The molecule has 15 heavy (non-hydrogen) atoms. The number of rotatable bonds is 3. The van der Waals surface area contributed by atoms with Crippen molar-refractivity contribution in [3.63, 3.8) is 0 Å². The third-order valence-electron chi connectivity index (χ3n) is 2.14. The second-order valence-corrected chi connectivity index (χ2v) is 3.72. The summed E-state index contributed by atoms with van der Waals surface area (Å²) in [7, 11) is 0. The number of aliphatic hydroxyl groups is 1. The normalized spacial score (nSPS) is 12.1. The maximum atomic E-state index is 9.11. The minimum absolute atomic E-state index is 0.0360. The van der Waals surface area contributed by atoms with Gasteiger partial charge in [-0.3, -0.25) is 0 Å². The minimum atomic E-state index is -0.188. The Morgan fingerprint density at radius 2 is 2.13 bits per heavy atom. The molecule has 0 radical (unpaired) electrons. The molecule has 1 aromatic rings. The first-order chi connectivity index (χ1) is 7.07. The number of aliphatic hydroxyl groups excluding tert-OH is 1. The predicted octanol–water partition coefficient (Wildman–Crippen LogP) is 0.700. The van der Waals surface area contributed by atoms with Gasteiger partial charge in [0.1, 0.15) is 0 Å². The molecular weight excluding hydrogens is 210 g/mol. The van der Waals surface area contributed by atoms with Gasteiger partial charge in [0.15, 0.2) is 5.11 Å². The van der Waals surface area contributed by atoms with Crippen LogP contribution in [0, 0.1) is 0 Å². The fourth-order valence-electron chi connectivity index (χ4n) is 1.36. The Balaban J connectivity index is 3.10. The zero-order chi connectivity index (χ0) is 11.4. The lowest BCUT2D eigenvalue weighted by Crippen LogP contribution is -2.44. The number of benzene rings is 1. The topological polar surface area (TPSA) is 75.5 Å². The van der Waals surface area contributed by atoms with Crippen LogP contribution in [0.1, 0.15) is 6.92 Å². The van der Waals surface area contributed by atoms with Crippen molar-refractivity contribution < 1.29 is 5.11 Å². The molecule has 5 N–H and O–H groups in total. The Bertz CT molecular complexity index is 356. The van der Waals surface area contributed by atoms with Crippen LogP contribution < -0.4 is 16.4 Å². The van der Waals surface area contributed by atoms with Gasteiger partial charge in [0.05, 0.1) is 24.0 Å². The van der Waals surface area contributed by atoms with E-state index < -0.39 is 0 Å². The summed E-state index contributed by atoms with van der Waals surface area (Å²) in [5, 5.41) is 9.31. The molecule has 0 aliphatic carbocycles. The van der Waals surface area contributed by atoms with Crippen LogP contribution in [-0.4, -0.2) is 22.9 Å². The Morgan fingerprint density at radius 1 is 1.53 bits per heavy atom. The second kappa shape index (κ2) is 4.95.